The standard InChI is InChI=1S/C72H53N/c1-70(51-21-7-4-8-22-51)63-31-17-13-28-57(63)60-42-37-49(45-66(60)70)48-35-39-54(40-36-48)73(55-41-44-62-59-30-15-19-33-65(59)72(3,68(62)47-55)53-25-11-6-12-26-53)69-34-20-16-27-56(69)50-38-43-61-58-29-14-18-32-64(58)71(2,67(61)46-50)52-23-9-5-10-24-52/h4-47H,1-3H3. The Morgan fingerprint density at radius 3 is 1.04 bits per heavy atom. The van der Waals surface area contributed by atoms with Crippen LogP contribution in [0.15, 0.2) is 267 Å². The highest BCUT2D eigenvalue weighted by Gasteiger charge is 2.44. The molecule has 11 aromatic carbocycles. The fourth-order valence-corrected chi connectivity index (χ4v) is 13.3. The summed E-state index contributed by atoms with van der Waals surface area (Å²) in [4.78, 5) is 2.50. The molecule has 3 aliphatic carbocycles. The number of anilines is 3. The van der Waals surface area contributed by atoms with Gasteiger partial charge in [-0.3, -0.25) is 0 Å². The predicted octanol–water partition coefficient (Wildman–Crippen LogP) is 18.5. The Kier molecular flexibility index (Phi) is 9.66. The summed E-state index contributed by atoms with van der Waals surface area (Å²) < 4.78 is 0. The molecule has 3 aliphatic rings. The molecule has 0 saturated heterocycles. The molecule has 1 heteroatoms. The van der Waals surface area contributed by atoms with Gasteiger partial charge in [0.25, 0.3) is 0 Å². The van der Waals surface area contributed by atoms with Crippen LogP contribution in [0.3, 0.4) is 0 Å². The van der Waals surface area contributed by atoms with Crippen LogP contribution in [0.2, 0.25) is 0 Å². The Hall–Kier alpha value is -8.78. The molecular formula is C72H53N. The lowest BCUT2D eigenvalue weighted by Gasteiger charge is -2.32. The van der Waals surface area contributed by atoms with Crippen LogP contribution >= 0.6 is 0 Å². The van der Waals surface area contributed by atoms with Crippen molar-refractivity contribution in [3.8, 4) is 55.6 Å². The first-order valence-electron chi connectivity index (χ1n) is 25.7. The third kappa shape index (κ3) is 6.28. The number of hydrogen-bond donors (Lipinski definition) is 0. The van der Waals surface area contributed by atoms with Crippen molar-refractivity contribution in [2.45, 2.75) is 37.0 Å². The van der Waals surface area contributed by atoms with Gasteiger partial charge in [0, 0.05) is 33.2 Å². The summed E-state index contributed by atoms with van der Waals surface area (Å²) >= 11 is 0. The van der Waals surface area contributed by atoms with Gasteiger partial charge >= 0.3 is 0 Å². The largest absolute Gasteiger partial charge is 0.310 e. The molecule has 0 spiro atoms. The number of nitrogens with zero attached hydrogens (tertiary/aromatic N) is 1. The van der Waals surface area contributed by atoms with Crippen molar-refractivity contribution in [2.75, 3.05) is 4.90 Å². The third-order valence-electron chi connectivity index (χ3n) is 17.2. The Morgan fingerprint density at radius 2 is 0.562 bits per heavy atom. The number of hydrogen-bond acceptors (Lipinski definition) is 1. The van der Waals surface area contributed by atoms with Crippen LogP contribution in [0, 0.1) is 0 Å². The van der Waals surface area contributed by atoms with Crippen LogP contribution in [0.4, 0.5) is 17.1 Å². The molecule has 0 aliphatic heterocycles. The molecule has 0 radical (unpaired) electrons. The molecule has 0 heterocycles. The fourth-order valence-electron chi connectivity index (χ4n) is 13.3. The Labute approximate surface area is 429 Å². The second-order valence-corrected chi connectivity index (χ2v) is 20.8. The SMILES string of the molecule is CC1(c2ccccc2)c2ccccc2-c2ccc(-c3ccc(N(c4ccc5c(c4)C(C)(c4ccccc4)c4ccccc4-5)c4ccccc4-c4ccc5c(c4)C(C)(c4ccccc4)c4ccccc4-5)cc3)cc21. The minimum absolute atomic E-state index is 0.274. The van der Waals surface area contributed by atoms with Crippen molar-refractivity contribution in [3.63, 3.8) is 0 Å². The van der Waals surface area contributed by atoms with Gasteiger partial charge < -0.3 is 4.90 Å². The summed E-state index contributed by atoms with van der Waals surface area (Å²) in [7, 11) is 0. The van der Waals surface area contributed by atoms with Crippen LogP contribution in [0.1, 0.15) is 70.8 Å². The normalized spacial score (nSPS) is 18.5. The van der Waals surface area contributed by atoms with Crippen LogP contribution in [0.5, 0.6) is 0 Å². The van der Waals surface area contributed by atoms with E-state index in [1.165, 1.54) is 106 Å². The summed E-state index contributed by atoms with van der Waals surface area (Å²) in [5, 5.41) is 0. The summed E-state index contributed by atoms with van der Waals surface area (Å²) in [6, 6.07) is 99.8. The highest BCUT2D eigenvalue weighted by molar-refractivity contribution is 5.94. The topological polar surface area (TPSA) is 3.24 Å². The summed E-state index contributed by atoms with van der Waals surface area (Å²) in [5.41, 5.74) is 26.9. The van der Waals surface area contributed by atoms with Crippen LogP contribution < -0.4 is 4.90 Å². The zero-order chi connectivity index (χ0) is 48.9. The van der Waals surface area contributed by atoms with E-state index >= 15 is 0 Å². The number of para-hydroxylation sites is 1. The van der Waals surface area contributed by atoms with Gasteiger partial charge in [-0.05, 0) is 163 Å². The lowest BCUT2D eigenvalue weighted by atomic mass is 9.74. The maximum absolute atomic E-state index is 2.50. The number of fused-ring (bicyclic) bond motifs is 9. The molecular weight excluding hydrogens is 879 g/mol. The molecule has 0 amide bonds. The zero-order valence-corrected chi connectivity index (χ0v) is 41.4. The second kappa shape index (κ2) is 16.4. The van der Waals surface area contributed by atoms with Crippen molar-refractivity contribution in [3.05, 3.63) is 317 Å². The summed E-state index contributed by atoms with van der Waals surface area (Å²) in [6.45, 7) is 7.22. The quantitative estimate of drug-likeness (QED) is 0.147. The van der Waals surface area contributed by atoms with Gasteiger partial charge in [-0.2, -0.15) is 0 Å². The molecule has 14 rings (SSSR count). The molecule has 0 aromatic heterocycles. The number of benzene rings is 11. The van der Waals surface area contributed by atoms with Crippen molar-refractivity contribution >= 4 is 17.1 Å². The molecule has 3 unspecified atom stereocenters. The van der Waals surface area contributed by atoms with Crippen LogP contribution in [-0.2, 0) is 16.2 Å². The van der Waals surface area contributed by atoms with E-state index < -0.39 is 0 Å². The monoisotopic (exact) mass is 931 g/mol. The molecule has 0 saturated carbocycles. The highest BCUT2D eigenvalue weighted by atomic mass is 15.1. The average molecular weight is 932 g/mol. The summed E-state index contributed by atoms with van der Waals surface area (Å²) in [6.07, 6.45) is 0. The third-order valence-corrected chi connectivity index (χ3v) is 17.2. The van der Waals surface area contributed by atoms with Crippen molar-refractivity contribution in [1.29, 1.82) is 0 Å². The molecule has 73 heavy (non-hydrogen) atoms. The fraction of sp³-hybridized carbons (Fsp3) is 0.0833. The molecule has 0 bridgehead atoms. The predicted molar refractivity (Wildman–Crippen MR) is 304 cm³/mol. The van der Waals surface area contributed by atoms with E-state index in [1.54, 1.807) is 0 Å². The van der Waals surface area contributed by atoms with E-state index in [4.69, 9.17) is 0 Å². The lowest BCUT2D eigenvalue weighted by molar-refractivity contribution is 0.714. The number of rotatable bonds is 8. The minimum Gasteiger partial charge on any atom is -0.310 e. The van der Waals surface area contributed by atoms with Crippen molar-refractivity contribution in [1.82, 2.24) is 0 Å². The first-order chi connectivity index (χ1) is 35.8. The minimum atomic E-state index is -0.351. The lowest BCUT2D eigenvalue weighted by Crippen LogP contribution is -2.23. The van der Waals surface area contributed by atoms with Crippen molar-refractivity contribution in [2.24, 2.45) is 0 Å². The average Bonchev–Trinajstić information content (AvgIpc) is 4.00. The first kappa shape index (κ1) is 43.0. The smallest absolute Gasteiger partial charge is 0.0540 e. The molecule has 346 valence electrons. The zero-order valence-electron chi connectivity index (χ0n) is 41.4. The van der Waals surface area contributed by atoms with E-state index in [1.807, 2.05) is 0 Å². The van der Waals surface area contributed by atoms with Crippen LogP contribution in [-0.4, -0.2) is 0 Å². The van der Waals surface area contributed by atoms with Gasteiger partial charge in [0.05, 0.1) is 5.69 Å². The van der Waals surface area contributed by atoms with Gasteiger partial charge in [0.15, 0.2) is 0 Å². The second-order valence-electron chi connectivity index (χ2n) is 20.8. The Morgan fingerprint density at radius 1 is 0.233 bits per heavy atom. The van der Waals surface area contributed by atoms with Crippen LogP contribution in [0.25, 0.3) is 55.6 Å². The maximum atomic E-state index is 2.50. The molecule has 3 atom stereocenters. The van der Waals surface area contributed by atoms with E-state index in [-0.39, 0.29) is 16.2 Å². The van der Waals surface area contributed by atoms with Gasteiger partial charge in [-0.1, -0.05) is 224 Å². The van der Waals surface area contributed by atoms with Gasteiger partial charge in [0.1, 0.15) is 0 Å². The maximum Gasteiger partial charge on any atom is 0.0540 e. The van der Waals surface area contributed by atoms with Crippen molar-refractivity contribution < 1.29 is 0 Å². The molecule has 0 N–H and O–H groups in total. The Bertz CT molecular complexity index is 3950. The van der Waals surface area contributed by atoms with E-state index in [2.05, 4.69) is 293 Å². The van der Waals surface area contributed by atoms with Gasteiger partial charge in [-0.15, -0.1) is 0 Å². The Balaban J connectivity index is 0.938. The first-order valence-corrected chi connectivity index (χ1v) is 25.7. The van der Waals surface area contributed by atoms with Gasteiger partial charge in [-0.25, -0.2) is 0 Å². The molecule has 1 nitrogen and oxygen atoms in total. The van der Waals surface area contributed by atoms with E-state index in [0.29, 0.717) is 0 Å². The summed E-state index contributed by atoms with van der Waals surface area (Å²) in [5.74, 6) is 0. The van der Waals surface area contributed by atoms with E-state index in [0.717, 1.165) is 17.1 Å². The molecule has 11 aromatic rings. The van der Waals surface area contributed by atoms with Gasteiger partial charge in [0.2, 0.25) is 0 Å². The molecule has 0 fully saturated rings. The van der Waals surface area contributed by atoms with E-state index in [9.17, 15) is 0 Å². The highest BCUT2D eigenvalue weighted by Crippen LogP contribution is 2.57.